The molecule has 0 saturated heterocycles. The molecule has 0 aliphatic carbocycles. The van der Waals surface area contributed by atoms with E-state index in [1.54, 1.807) is 76.4 Å². The SMILES string of the molecule is CCOC(=O)c1cn(Cc2cc(C#N)ccc2OC(C)(C)C)cc1-c1ccc(-c2ccccc2S(=O)(=O)NC(C)(C)C)cc1. The second kappa shape index (κ2) is 12.7. The monoisotopic (exact) mass is 613 g/mol. The Balaban J connectivity index is 1.74. The van der Waals surface area contributed by atoms with Crippen LogP contribution in [0.3, 0.4) is 0 Å². The number of aromatic nitrogens is 1. The lowest BCUT2D eigenvalue weighted by Gasteiger charge is -2.23. The summed E-state index contributed by atoms with van der Waals surface area (Å²) in [6.45, 7) is 13.6. The molecule has 8 nitrogen and oxygen atoms in total. The van der Waals surface area contributed by atoms with Crippen molar-refractivity contribution >= 4 is 16.0 Å². The Labute approximate surface area is 260 Å². The van der Waals surface area contributed by atoms with Crippen molar-refractivity contribution in [2.45, 2.75) is 71.0 Å². The molecule has 0 atom stereocenters. The number of esters is 1. The number of hydrogen-bond acceptors (Lipinski definition) is 6. The maximum Gasteiger partial charge on any atom is 0.340 e. The first kappa shape index (κ1) is 32.5. The highest BCUT2D eigenvalue weighted by atomic mass is 32.2. The molecule has 1 N–H and O–H groups in total. The van der Waals surface area contributed by atoms with Crippen LogP contribution in [0, 0.1) is 11.3 Å². The number of sulfonamides is 1. The largest absolute Gasteiger partial charge is 0.488 e. The lowest BCUT2D eigenvalue weighted by atomic mass is 10.00. The van der Waals surface area contributed by atoms with Gasteiger partial charge in [0.2, 0.25) is 10.0 Å². The Morgan fingerprint density at radius 3 is 2.14 bits per heavy atom. The fourth-order valence-electron chi connectivity index (χ4n) is 4.83. The molecule has 0 aliphatic rings. The third kappa shape index (κ3) is 7.95. The highest BCUT2D eigenvalue weighted by Gasteiger charge is 2.25. The fourth-order valence-corrected chi connectivity index (χ4v) is 6.48. The van der Waals surface area contributed by atoms with Gasteiger partial charge in [-0.15, -0.1) is 0 Å². The van der Waals surface area contributed by atoms with Crippen LogP contribution in [-0.2, 0) is 21.3 Å². The van der Waals surface area contributed by atoms with E-state index in [0.29, 0.717) is 34.5 Å². The Morgan fingerprint density at radius 1 is 0.909 bits per heavy atom. The summed E-state index contributed by atoms with van der Waals surface area (Å²) >= 11 is 0. The molecule has 0 spiro atoms. The van der Waals surface area contributed by atoms with E-state index < -0.39 is 27.1 Å². The van der Waals surface area contributed by atoms with E-state index >= 15 is 0 Å². The van der Waals surface area contributed by atoms with Gasteiger partial charge in [-0.2, -0.15) is 5.26 Å². The van der Waals surface area contributed by atoms with E-state index in [2.05, 4.69) is 10.8 Å². The summed E-state index contributed by atoms with van der Waals surface area (Å²) in [5.41, 5.74) is 3.35. The number of rotatable bonds is 9. The first-order valence-electron chi connectivity index (χ1n) is 14.4. The first-order chi connectivity index (χ1) is 20.6. The lowest BCUT2D eigenvalue weighted by molar-refractivity contribution is 0.0527. The van der Waals surface area contributed by atoms with Gasteiger partial charge in [0.25, 0.3) is 0 Å². The molecule has 9 heteroatoms. The maximum atomic E-state index is 13.2. The van der Waals surface area contributed by atoms with Crippen molar-refractivity contribution in [1.82, 2.24) is 9.29 Å². The Bertz CT molecular complexity index is 1800. The van der Waals surface area contributed by atoms with E-state index in [1.165, 1.54) is 0 Å². The fraction of sp³-hybridized carbons (Fsp3) is 0.314. The van der Waals surface area contributed by atoms with Crippen molar-refractivity contribution in [2.24, 2.45) is 0 Å². The number of benzene rings is 3. The molecule has 0 bridgehead atoms. The van der Waals surface area contributed by atoms with Gasteiger partial charge in [0, 0.05) is 34.6 Å². The van der Waals surface area contributed by atoms with Gasteiger partial charge in [-0.1, -0.05) is 42.5 Å². The third-order valence-electron chi connectivity index (χ3n) is 6.46. The molecular weight excluding hydrogens is 574 g/mol. The molecular formula is C35H39N3O5S. The first-order valence-corrected chi connectivity index (χ1v) is 15.9. The standard InChI is InChI=1S/C35H39N3O5S/c1-8-42-33(39)30-23-38(21-27-19-24(20-36)13-18-31(27)43-35(5,6)7)22-29(30)26-16-14-25(15-17-26)28-11-9-10-12-32(28)44(40,41)37-34(2,3)4/h9-19,22-23,37H,8,21H2,1-7H3. The van der Waals surface area contributed by atoms with Gasteiger partial charge in [-0.3, -0.25) is 0 Å². The number of hydrogen-bond donors (Lipinski definition) is 1. The van der Waals surface area contributed by atoms with Gasteiger partial charge in [0.15, 0.2) is 0 Å². The number of nitrogens with zero attached hydrogens (tertiary/aromatic N) is 2. The van der Waals surface area contributed by atoms with E-state index in [-0.39, 0.29) is 11.5 Å². The molecule has 0 unspecified atom stereocenters. The van der Waals surface area contributed by atoms with E-state index in [0.717, 1.165) is 16.7 Å². The van der Waals surface area contributed by atoms with Gasteiger partial charge in [-0.05, 0) is 83.9 Å². The smallest absolute Gasteiger partial charge is 0.340 e. The van der Waals surface area contributed by atoms with E-state index in [4.69, 9.17) is 9.47 Å². The quantitative estimate of drug-likeness (QED) is 0.200. The van der Waals surface area contributed by atoms with Crippen molar-refractivity contribution in [2.75, 3.05) is 6.61 Å². The molecule has 44 heavy (non-hydrogen) atoms. The van der Waals surface area contributed by atoms with E-state index in [1.807, 2.05) is 55.8 Å². The molecule has 1 aromatic heterocycles. The van der Waals surface area contributed by atoms with Gasteiger partial charge in [0.1, 0.15) is 11.4 Å². The van der Waals surface area contributed by atoms with Gasteiger partial charge in [-0.25, -0.2) is 17.9 Å². The average Bonchev–Trinajstić information content (AvgIpc) is 3.36. The molecule has 230 valence electrons. The zero-order valence-electron chi connectivity index (χ0n) is 26.3. The van der Waals surface area contributed by atoms with Crippen LogP contribution >= 0.6 is 0 Å². The van der Waals surface area contributed by atoms with Crippen LogP contribution in [0.4, 0.5) is 0 Å². The number of carbonyl (C=O) groups excluding carboxylic acids is 1. The summed E-state index contributed by atoms with van der Waals surface area (Å²) in [4.78, 5) is 13.2. The van der Waals surface area contributed by atoms with Crippen molar-refractivity contribution in [1.29, 1.82) is 5.26 Å². The van der Waals surface area contributed by atoms with Gasteiger partial charge < -0.3 is 14.0 Å². The minimum absolute atomic E-state index is 0.189. The summed E-state index contributed by atoms with van der Waals surface area (Å²) in [6, 6.07) is 21.8. The maximum absolute atomic E-state index is 13.2. The average molecular weight is 614 g/mol. The molecule has 4 rings (SSSR count). The summed E-state index contributed by atoms with van der Waals surface area (Å²) in [7, 11) is -3.77. The van der Waals surface area contributed by atoms with Crippen LogP contribution < -0.4 is 9.46 Å². The van der Waals surface area contributed by atoms with Crippen molar-refractivity contribution in [3.63, 3.8) is 0 Å². The third-order valence-corrected chi connectivity index (χ3v) is 8.27. The second-order valence-electron chi connectivity index (χ2n) is 12.6. The molecule has 0 aliphatic heterocycles. The minimum atomic E-state index is -3.77. The molecule has 0 fully saturated rings. The van der Waals surface area contributed by atoms with Crippen LogP contribution in [0.2, 0.25) is 0 Å². The van der Waals surface area contributed by atoms with Crippen LogP contribution in [0.1, 0.15) is 70.0 Å². The summed E-state index contributed by atoms with van der Waals surface area (Å²) in [5.74, 6) is 0.204. The highest BCUT2D eigenvalue weighted by molar-refractivity contribution is 7.89. The molecule has 3 aromatic carbocycles. The number of carbonyl (C=O) groups is 1. The number of nitriles is 1. The van der Waals surface area contributed by atoms with Gasteiger partial charge >= 0.3 is 5.97 Å². The van der Waals surface area contributed by atoms with Crippen LogP contribution in [0.15, 0.2) is 84.0 Å². The zero-order valence-corrected chi connectivity index (χ0v) is 27.1. The lowest BCUT2D eigenvalue weighted by Crippen LogP contribution is -2.40. The minimum Gasteiger partial charge on any atom is -0.488 e. The topological polar surface area (TPSA) is 110 Å². The van der Waals surface area contributed by atoms with Crippen molar-refractivity contribution in [3.8, 4) is 34.1 Å². The summed E-state index contributed by atoms with van der Waals surface area (Å²) < 4.78 is 42.6. The van der Waals surface area contributed by atoms with Crippen molar-refractivity contribution < 1.29 is 22.7 Å². The highest BCUT2D eigenvalue weighted by Crippen LogP contribution is 2.33. The Morgan fingerprint density at radius 2 is 1.55 bits per heavy atom. The molecule has 0 amide bonds. The molecule has 1 heterocycles. The second-order valence-corrected chi connectivity index (χ2v) is 14.2. The predicted octanol–water partition coefficient (Wildman–Crippen LogP) is 7.17. The Hall–Kier alpha value is -4.39. The molecule has 4 aromatic rings. The zero-order chi connectivity index (χ0) is 32.3. The number of ether oxygens (including phenoxy) is 2. The van der Waals surface area contributed by atoms with Crippen LogP contribution in [0.5, 0.6) is 5.75 Å². The van der Waals surface area contributed by atoms with Crippen molar-refractivity contribution in [3.05, 3.63) is 95.8 Å². The number of nitrogens with one attached hydrogen (secondary N) is 1. The normalized spacial score (nSPS) is 12.0. The van der Waals surface area contributed by atoms with Gasteiger partial charge in [0.05, 0.1) is 35.2 Å². The Kier molecular flexibility index (Phi) is 9.38. The molecule has 0 radical (unpaired) electrons. The van der Waals surface area contributed by atoms with E-state index in [9.17, 15) is 18.5 Å². The van der Waals surface area contributed by atoms with Crippen LogP contribution in [0.25, 0.3) is 22.3 Å². The van der Waals surface area contributed by atoms with Crippen LogP contribution in [-0.4, -0.2) is 36.7 Å². The predicted molar refractivity (Wildman–Crippen MR) is 172 cm³/mol. The summed E-state index contributed by atoms with van der Waals surface area (Å²) in [6.07, 6.45) is 3.61. The molecule has 0 saturated carbocycles. The summed E-state index contributed by atoms with van der Waals surface area (Å²) in [5, 5.41) is 9.50.